The van der Waals surface area contributed by atoms with Gasteiger partial charge in [-0.05, 0) is 30.2 Å². The van der Waals surface area contributed by atoms with Gasteiger partial charge in [-0.3, -0.25) is 13.9 Å². The number of phenolic OH excluding ortho intramolecular Hbond substituents is 1. The van der Waals surface area contributed by atoms with Crippen molar-refractivity contribution in [3.05, 3.63) is 80.6 Å². The lowest BCUT2D eigenvalue weighted by molar-refractivity contribution is -0.0143. The number of phenols is 1. The molecule has 1 aliphatic rings. The van der Waals surface area contributed by atoms with Crippen molar-refractivity contribution in [3.8, 4) is 22.8 Å². The van der Waals surface area contributed by atoms with Crippen LogP contribution in [0.15, 0.2) is 58.1 Å². The molecular formula is C25H25N3O5. The van der Waals surface area contributed by atoms with Gasteiger partial charge in [0.15, 0.2) is 11.5 Å². The van der Waals surface area contributed by atoms with Gasteiger partial charge in [-0.25, -0.2) is 4.79 Å². The third-order valence-electron chi connectivity index (χ3n) is 6.31. The third-order valence-corrected chi connectivity index (χ3v) is 6.31. The van der Waals surface area contributed by atoms with Crippen LogP contribution in [0.1, 0.15) is 24.3 Å². The molecule has 0 aliphatic carbocycles. The fourth-order valence-corrected chi connectivity index (χ4v) is 4.78. The summed E-state index contributed by atoms with van der Waals surface area (Å²) in [6, 6.07) is 14.8. The number of aryl methyl sites for hydroxylation is 1. The van der Waals surface area contributed by atoms with E-state index < -0.39 is 11.8 Å². The first-order valence-electron chi connectivity index (χ1n) is 10.7. The van der Waals surface area contributed by atoms with Gasteiger partial charge < -0.3 is 19.1 Å². The van der Waals surface area contributed by atoms with Gasteiger partial charge in [0, 0.05) is 20.6 Å². The van der Waals surface area contributed by atoms with Crippen molar-refractivity contribution in [2.75, 3.05) is 7.11 Å². The minimum atomic E-state index is -0.569. The first-order valence-corrected chi connectivity index (χ1v) is 10.7. The van der Waals surface area contributed by atoms with Gasteiger partial charge >= 0.3 is 5.69 Å². The van der Waals surface area contributed by atoms with E-state index in [1.807, 2.05) is 37.3 Å². The summed E-state index contributed by atoms with van der Waals surface area (Å²) in [5.74, 6) is 0.349. The van der Waals surface area contributed by atoms with Crippen molar-refractivity contribution < 1.29 is 14.6 Å². The van der Waals surface area contributed by atoms with E-state index in [1.54, 1.807) is 25.2 Å². The van der Waals surface area contributed by atoms with E-state index >= 15 is 0 Å². The molecule has 5 rings (SSSR count). The normalized spacial score (nSPS) is 17.8. The maximum atomic E-state index is 13.4. The van der Waals surface area contributed by atoms with E-state index in [-0.39, 0.29) is 17.4 Å². The number of aromatic nitrogens is 3. The molecule has 8 nitrogen and oxygen atoms in total. The van der Waals surface area contributed by atoms with Gasteiger partial charge in [-0.1, -0.05) is 36.4 Å². The molecule has 0 fully saturated rings. The van der Waals surface area contributed by atoms with Crippen LogP contribution in [-0.2, 0) is 25.4 Å². The quantitative estimate of drug-likeness (QED) is 0.522. The van der Waals surface area contributed by atoms with Crippen LogP contribution in [0.5, 0.6) is 11.5 Å². The van der Waals surface area contributed by atoms with Crippen LogP contribution in [0.25, 0.3) is 22.2 Å². The molecule has 0 saturated heterocycles. The molecule has 1 aliphatic heterocycles. The van der Waals surface area contributed by atoms with E-state index in [2.05, 4.69) is 4.57 Å². The van der Waals surface area contributed by atoms with Crippen LogP contribution in [-0.4, -0.2) is 32.0 Å². The number of aromatic hydroxyl groups is 1. The van der Waals surface area contributed by atoms with Crippen LogP contribution < -0.4 is 16.0 Å². The van der Waals surface area contributed by atoms with Gasteiger partial charge in [0.25, 0.3) is 5.56 Å². The minimum absolute atomic E-state index is 0.0246. The molecule has 0 amide bonds. The van der Waals surface area contributed by atoms with Gasteiger partial charge in [-0.2, -0.15) is 0 Å². The topological polar surface area (TPSA) is 87.6 Å². The first-order chi connectivity index (χ1) is 15.8. The zero-order valence-electron chi connectivity index (χ0n) is 18.9. The highest BCUT2D eigenvalue weighted by molar-refractivity contribution is 5.96. The van der Waals surface area contributed by atoms with Crippen molar-refractivity contribution in [1.82, 2.24) is 13.7 Å². The number of methoxy groups -OCH3 is 1. The summed E-state index contributed by atoms with van der Waals surface area (Å²) in [6.07, 6.45) is -0.728. The molecule has 4 aromatic rings. The summed E-state index contributed by atoms with van der Waals surface area (Å²) < 4.78 is 16.4. The lowest BCUT2D eigenvalue weighted by Crippen LogP contribution is -2.37. The van der Waals surface area contributed by atoms with Crippen LogP contribution in [0.4, 0.5) is 0 Å². The molecule has 0 radical (unpaired) electrons. The van der Waals surface area contributed by atoms with Crippen LogP contribution in [0.2, 0.25) is 0 Å². The van der Waals surface area contributed by atoms with E-state index in [9.17, 15) is 14.7 Å². The maximum Gasteiger partial charge on any atom is 0.331 e. The predicted molar refractivity (Wildman–Crippen MR) is 125 cm³/mol. The summed E-state index contributed by atoms with van der Waals surface area (Å²) in [7, 11) is 4.66. The first kappa shape index (κ1) is 21.1. The molecule has 3 heterocycles. The van der Waals surface area contributed by atoms with Crippen molar-refractivity contribution in [2.45, 2.75) is 25.7 Å². The van der Waals surface area contributed by atoms with Gasteiger partial charge in [0.2, 0.25) is 0 Å². The summed E-state index contributed by atoms with van der Waals surface area (Å²) in [5, 5.41) is 10.6. The molecule has 8 heteroatoms. The zero-order valence-corrected chi connectivity index (χ0v) is 18.9. The second kappa shape index (κ2) is 7.67. The molecule has 0 saturated carbocycles. The second-order valence-corrected chi connectivity index (χ2v) is 8.40. The average molecular weight is 447 g/mol. The van der Waals surface area contributed by atoms with Crippen LogP contribution in [0, 0.1) is 0 Å². The summed E-state index contributed by atoms with van der Waals surface area (Å²) in [4.78, 5) is 26.3. The summed E-state index contributed by atoms with van der Waals surface area (Å²) in [6.45, 7) is 2.50. The van der Waals surface area contributed by atoms with Crippen molar-refractivity contribution >= 4 is 10.9 Å². The number of nitrogens with zero attached hydrogens (tertiary/aromatic N) is 3. The standard InChI is InChI=1S/C25H25N3O5/c1-14-13-28-20(15-8-6-5-7-9-15)19-21(26(2)25(31)27(3)24(19)30)22(28)23(33-14)16-10-11-17(29)18(12-16)32-4/h5-12,14,23,29H,13H2,1-4H3. The van der Waals surface area contributed by atoms with E-state index in [0.29, 0.717) is 23.2 Å². The molecule has 2 unspecified atom stereocenters. The Bertz CT molecular complexity index is 1500. The highest BCUT2D eigenvalue weighted by Crippen LogP contribution is 2.43. The summed E-state index contributed by atoms with van der Waals surface area (Å²) in [5.41, 5.74) is 2.94. The molecule has 2 aromatic carbocycles. The Balaban J connectivity index is 1.93. The highest BCUT2D eigenvalue weighted by atomic mass is 16.5. The summed E-state index contributed by atoms with van der Waals surface area (Å²) >= 11 is 0. The Hall–Kier alpha value is -3.78. The molecule has 170 valence electrons. The lowest BCUT2D eigenvalue weighted by atomic mass is 10.0. The molecule has 2 aromatic heterocycles. The lowest BCUT2D eigenvalue weighted by Gasteiger charge is -2.32. The van der Waals surface area contributed by atoms with E-state index in [4.69, 9.17) is 9.47 Å². The molecule has 33 heavy (non-hydrogen) atoms. The monoisotopic (exact) mass is 447 g/mol. The van der Waals surface area contributed by atoms with E-state index in [0.717, 1.165) is 27.1 Å². The largest absolute Gasteiger partial charge is 0.504 e. The molecular weight excluding hydrogens is 422 g/mol. The number of hydrogen-bond donors (Lipinski definition) is 1. The Morgan fingerprint density at radius 1 is 1.06 bits per heavy atom. The number of fused-ring (bicyclic) bond motifs is 3. The number of hydrogen-bond acceptors (Lipinski definition) is 5. The Labute approximate surface area is 189 Å². The zero-order chi connectivity index (χ0) is 23.4. The number of ether oxygens (including phenoxy) is 2. The minimum Gasteiger partial charge on any atom is -0.504 e. The van der Waals surface area contributed by atoms with Crippen molar-refractivity contribution in [2.24, 2.45) is 14.1 Å². The third kappa shape index (κ3) is 3.09. The Morgan fingerprint density at radius 2 is 1.79 bits per heavy atom. The molecule has 2 atom stereocenters. The number of rotatable bonds is 3. The van der Waals surface area contributed by atoms with Crippen molar-refractivity contribution in [3.63, 3.8) is 0 Å². The fourth-order valence-electron chi connectivity index (χ4n) is 4.78. The molecule has 0 bridgehead atoms. The molecule has 0 spiro atoms. The van der Waals surface area contributed by atoms with Crippen molar-refractivity contribution in [1.29, 1.82) is 0 Å². The van der Waals surface area contributed by atoms with Gasteiger partial charge in [0.05, 0.1) is 35.5 Å². The van der Waals surface area contributed by atoms with Crippen LogP contribution in [0.3, 0.4) is 0 Å². The second-order valence-electron chi connectivity index (χ2n) is 8.40. The van der Waals surface area contributed by atoms with Gasteiger partial charge in [-0.15, -0.1) is 0 Å². The maximum absolute atomic E-state index is 13.4. The SMILES string of the molecule is COc1cc(C2OC(C)Cn3c(-c4ccccc4)c4c(=O)n(C)c(=O)n(C)c4c32)ccc1O. The molecule has 1 N–H and O–H groups in total. The smallest absolute Gasteiger partial charge is 0.331 e. The van der Waals surface area contributed by atoms with Crippen LogP contribution >= 0.6 is 0 Å². The van der Waals surface area contributed by atoms with Gasteiger partial charge in [0.1, 0.15) is 6.10 Å². The Kier molecular flexibility index (Phi) is 4.90. The highest BCUT2D eigenvalue weighted by Gasteiger charge is 2.35. The van der Waals surface area contributed by atoms with E-state index in [1.165, 1.54) is 18.7 Å². The Morgan fingerprint density at radius 3 is 2.48 bits per heavy atom. The fraction of sp³-hybridized carbons (Fsp3) is 0.280. The predicted octanol–water partition coefficient (Wildman–Crippen LogP) is 2.93. The number of benzene rings is 2. The average Bonchev–Trinajstić information content (AvgIpc) is 3.16.